The van der Waals surface area contributed by atoms with E-state index in [0.717, 1.165) is 80.3 Å². The minimum Gasteiger partial charge on any atom is -0.455 e. The second-order valence-electron chi connectivity index (χ2n) is 7.47. The summed E-state index contributed by atoms with van der Waals surface area (Å²) >= 11 is 0. The predicted octanol–water partition coefficient (Wildman–Crippen LogP) is 3.52. The molecule has 2 aromatic rings. The number of furan rings is 1. The first-order chi connectivity index (χ1) is 13.7. The van der Waals surface area contributed by atoms with Crippen LogP contribution in [0.3, 0.4) is 0 Å². The number of fused-ring (bicyclic) bond motifs is 1. The highest BCUT2D eigenvalue weighted by molar-refractivity contribution is 6.06. The fraction of sp³-hybridized carbons (Fsp3) is 0.455. The van der Waals surface area contributed by atoms with Crippen LogP contribution in [0.2, 0.25) is 0 Å². The Balaban J connectivity index is 1.56. The lowest BCUT2D eigenvalue weighted by Crippen LogP contribution is -2.48. The van der Waals surface area contributed by atoms with Gasteiger partial charge in [-0.05, 0) is 38.4 Å². The van der Waals surface area contributed by atoms with Crippen molar-refractivity contribution in [1.29, 1.82) is 0 Å². The van der Waals surface area contributed by atoms with Gasteiger partial charge < -0.3 is 14.2 Å². The molecule has 1 amide bonds. The number of aryl methyl sites for hydroxylation is 1. The van der Waals surface area contributed by atoms with E-state index in [-0.39, 0.29) is 5.91 Å². The van der Waals surface area contributed by atoms with E-state index in [9.17, 15) is 4.79 Å². The van der Waals surface area contributed by atoms with Gasteiger partial charge >= 0.3 is 0 Å². The van der Waals surface area contributed by atoms with Crippen LogP contribution in [0.4, 0.5) is 5.69 Å². The average molecular weight is 380 g/mol. The standard InChI is InChI=1S/C22H28N4O2/c1-3-25-12-14-26(15-13-25)22(27)21-16(2)20-18(10-7-11-19(20)28-21)24-23-17-8-5-4-6-9-17/h4-6,8-9,23H,3,7,10-15H2,1-2H3/b24-18+. The van der Waals surface area contributed by atoms with Crippen molar-refractivity contribution in [3.05, 3.63) is 53.0 Å². The molecule has 28 heavy (non-hydrogen) atoms. The molecule has 2 aliphatic rings. The number of nitrogens with zero attached hydrogens (tertiary/aromatic N) is 3. The van der Waals surface area contributed by atoms with E-state index in [4.69, 9.17) is 4.42 Å². The first-order valence-corrected chi connectivity index (χ1v) is 10.2. The smallest absolute Gasteiger partial charge is 0.289 e. The number of carbonyl (C=O) groups is 1. The van der Waals surface area contributed by atoms with Crippen LogP contribution >= 0.6 is 0 Å². The third kappa shape index (κ3) is 3.69. The van der Waals surface area contributed by atoms with Gasteiger partial charge in [0, 0.05) is 43.7 Å². The molecule has 6 nitrogen and oxygen atoms in total. The van der Waals surface area contributed by atoms with Gasteiger partial charge in [0.25, 0.3) is 5.91 Å². The van der Waals surface area contributed by atoms with E-state index in [1.165, 1.54) is 0 Å². The highest BCUT2D eigenvalue weighted by atomic mass is 16.4. The third-order valence-electron chi connectivity index (χ3n) is 5.72. The number of anilines is 1. The molecule has 1 fully saturated rings. The van der Waals surface area contributed by atoms with Crippen molar-refractivity contribution >= 4 is 17.3 Å². The van der Waals surface area contributed by atoms with Crippen LogP contribution in [0, 0.1) is 6.92 Å². The van der Waals surface area contributed by atoms with Crippen LogP contribution in [-0.4, -0.2) is 54.1 Å². The number of hydrogen-bond acceptors (Lipinski definition) is 5. The molecule has 1 N–H and O–H groups in total. The van der Waals surface area contributed by atoms with Gasteiger partial charge in [-0.25, -0.2) is 0 Å². The van der Waals surface area contributed by atoms with Crippen LogP contribution < -0.4 is 5.43 Å². The summed E-state index contributed by atoms with van der Waals surface area (Å²) in [5.74, 6) is 1.40. The van der Waals surface area contributed by atoms with Crippen LogP contribution in [0.25, 0.3) is 0 Å². The van der Waals surface area contributed by atoms with E-state index < -0.39 is 0 Å². The number of amides is 1. The fourth-order valence-electron chi connectivity index (χ4n) is 4.04. The van der Waals surface area contributed by atoms with Crippen LogP contribution in [0.5, 0.6) is 0 Å². The van der Waals surface area contributed by atoms with E-state index in [0.29, 0.717) is 5.76 Å². The lowest BCUT2D eigenvalue weighted by molar-refractivity contribution is 0.0609. The molecule has 148 valence electrons. The van der Waals surface area contributed by atoms with E-state index >= 15 is 0 Å². The minimum atomic E-state index is 0.0121. The molecule has 1 saturated heterocycles. The lowest BCUT2D eigenvalue weighted by Gasteiger charge is -2.33. The molecule has 1 aromatic heterocycles. The van der Waals surface area contributed by atoms with Gasteiger partial charge in [0.2, 0.25) is 0 Å². The number of nitrogens with one attached hydrogen (secondary N) is 1. The topological polar surface area (TPSA) is 61.1 Å². The van der Waals surface area contributed by atoms with Gasteiger partial charge in [-0.2, -0.15) is 5.10 Å². The quantitative estimate of drug-likeness (QED) is 0.825. The summed E-state index contributed by atoms with van der Waals surface area (Å²) in [5.41, 5.74) is 7.01. The first-order valence-electron chi connectivity index (χ1n) is 10.2. The maximum absolute atomic E-state index is 13.1. The van der Waals surface area contributed by atoms with Crippen LogP contribution in [0.1, 0.15) is 47.2 Å². The van der Waals surface area contributed by atoms with Crippen LogP contribution in [-0.2, 0) is 6.42 Å². The number of benzene rings is 1. The summed E-state index contributed by atoms with van der Waals surface area (Å²) < 4.78 is 6.07. The molecule has 0 unspecified atom stereocenters. The van der Waals surface area contributed by atoms with Gasteiger partial charge in [0.05, 0.1) is 11.4 Å². The summed E-state index contributed by atoms with van der Waals surface area (Å²) in [6.45, 7) is 8.55. The first kappa shape index (κ1) is 18.7. The summed E-state index contributed by atoms with van der Waals surface area (Å²) in [6, 6.07) is 9.91. The number of carbonyl (C=O) groups excluding carboxylic acids is 1. The van der Waals surface area contributed by atoms with E-state index in [1.807, 2.05) is 42.2 Å². The van der Waals surface area contributed by atoms with Gasteiger partial charge in [-0.15, -0.1) is 0 Å². The number of likely N-dealkylation sites (N-methyl/N-ethyl adjacent to an activating group) is 1. The zero-order chi connectivity index (χ0) is 19.5. The molecular formula is C22H28N4O2. The monoisotopic (exact) mass is 380 g/mol. The summed E-state index contributed by atoms with van der Waals surface area (Å²) in [4.78, 5) is 17.4. The molecule has 6 heteroatoms. The van der Waals surface area contributed by atoms with E-state index in [1.54, 1.807) is 0 Å². The molecular weight excluding hydrogens is 352 g/mol. The highest BCUT2D eigenvalue weighted by Gasteiger charge is 2.31. The van der Waals surface area contributed by atoms with Crippen molar-refractivity contribution in [3.8, 4) is 0 Å². The molecule has 0 radical (unpaired) electrons. The van der Waals surface area contributed by atoms with Crippen molar-refractivity contribution in [2.45, 2.75) is 33.1 Å². The second-order valence-corrected chi connectivity index (χ2v) is 7.47. The summed E-state index contributed by atoms with van der Waals surface area (Å²) in [7, 11) is 0. The zero-order valence-corrected chi connectivity index (χ0v) is 16.7. The van der Waals surface area contributed by atoms with Crippen molar-refractivity contribution in [2.24, 2.45) is 5.10 Å². The van der Waals surface area contributed by atoms with Gasteiger partial charge in [0.1, 0.15) is 5.76 Å². The van der Waals surface area contributed by atoms with Gasteiger partial charge in [-0.1, -0.05) is 25.1 Å². The number of para-hydroxylation sites is 1. The largest absolute Gasteiger partial charge is 0.455 e. The Hall–Kier alpha value is -2.60. The van der Waals surface area contributed by atoms with Crippen LogP contribution in [0.15, 0.2) is 39.9 Å². The van der Waals surface area contributed by atoms with Crippen molar-refractivity contribution in [3.63, 3.8) is 0 Å². The summed E-state index contributed by atoms with van der Waals surface area (Å²) in [5, 5.41) is 4.64. The maximum Gasteiger partial charge on any atom is 0.289 e. The minimum absolute atomic E-state index is 0.0121. The van der Waals surface area contributed by atoms with Crippen molar-refractivity contribution < 1.29 is 9.21 Å². The molecule has 2 heterocycles. The average Bonchev–Trinajstić information content (AvgIpc) is 3.09. The second kappa shape index (κ2) is 8.19. The Bertz CT molecular complexity index is 864. The molecule has 0 bridgehead atoms. The van der Waals surface area contributed by atoms with Gasteiger partial charge in [-0.3, -0.25) is 10.2 Å². The Labute approximate surface area is 166 Å². The summed E-state index contributed by atoms with van der Waals surface area (Å²) in [6.07, 6.45) is 2.73. The fourth-order valence-corrected chi connectivity index (χ4v) is 4.04. The van der Waals surface area contributed by atoms with Gasteiger partial charge in [0.15, 0.2) is 5.76 Å². The number of piperazine rings is 1. The maximum atomic E-state index is 13.1. The molecule has 1 aliphatic heterocycles. The SMILES string of the molecule is CCN1CCN(C(=O)c2oc3c(c2C)/C(=N/Nc2ccccc2)CCC3)CC1. The molecule has 1 aromatic carbocycles. The number of rotatable bonds is 4. The molecule has 1 aliphatic carbocycles. The molecule has 0 spiro atoms. The van der Waals surface area contributed by atoms with E-state index in [2.05, 4.69) is 22.4 Å². The van der Waals surface area contributed by atoms with Crippen molar-refractivity contribution in [1.82, 2.24) is 9.80 Å². The third-order valence-corrected chi connectivity index (χ3v) is 5.72. The molecule has 4 rings (SSSR count). The Morgan fingerprint density at radius 1 is 1.14 bits per heavy atom. The number of hydrogen-bond donors (Lipinski definition) is 1. The Kier molecular flexibility index (Phi) is 5.48. The molecule has 0 atom stereocenters. The number of hydrazone groups is 1. The van der Waals surface area contributed by atoms with Crippen molar-refractivity contribution in [2.75, 3.05) is 38.1 Å². The molecule has 0 saturated carbocycles. The lowest BCUT2D eigenvalue weighted by atomic mass is 9.93. The normalized spacial score (nSPS) is 18.9. The predicted molar refractivity (Wildman–Crippen MR) is 111 cm³/mol. The Morgan fingerprint density at radius 2 is 1.89 bits per heavy atom. The Morgan fingerprint density at radius 3 is 2.61 bits per heavy atom. The highest BCUT2D eigenvalue weighted by Crippen LogP contribution is 2.31. The zero-order valence-electron chi connectivity index (χ0n) is 16.7.